The third-order valence-electron chi connectivity index (χ3n) is 3.60. The van der Waals surface area contributed by atoms with Gasteiger partial charge < -0.3 is 5.11 Å². The summed E-state index contributed by atoms with van der Waals surface area (Å²) in [6.07, 6.45) is 5.08. The molecule has 0 saturated heterocycles. The van der Waals surface area contributed by atoms with Gasteiger partial charge in [-0.1, -0.05) is 51.3 Å². The minimum atomic E-state index is -0.756. The third kappa shape index (κ3) is 4.17. The number of carboxylic acids is 1. The topological polar surface area (TPSA) is 37.3 Å². The van der Waals surface area contributed by atoms with Crippen LogP contribution in [0.1, 0.15) is 62.1 Å². The van der Waals surface area contributed by atoms with Crippen LogP contribution in [0.5, 0.6) is 0 Å². The van der Waals surface area contributed by atoms with Gasteiger partial charge in [0.2, 0.25) is 0 Å². The second-order valence-corrected chi connectivity index (χ2v) is 5.10. The average molecular weight is 248 g/mol. The minimum Gasteiger partial charge on any atom is -0.481 e. The highest BCUT2D eigenvalue weighted by Gasteiger charge is 2.12. The lowest BCUT2D eigenvalue weighted by atomic mass is 9.89. The molecule has 0 fully saturated rings. The normalized spacial score (nSPS) is 12.4. The van der Waals surface area contributed by atoms with Crippen LogP contribution in [-0.2, 0) is 11.2 Å². The highest BCUT2D eigenvalue weighted by Crippen LogP contribution is 2.27. The fourth-order valence-electron chi connectivity index (χ4n) is 2.45. The Morgan fingerprint density at radius 1 is 1.33 bits per heavy atom. The van der Waals surface area contributed by atoms with Crippen molar-refractivity contribution in [1.29, 1.82) is 0 Å². The zero-order valence-electron chi connectivity index (χ0n) is 11.7. The Labute approximate surface area is 110 Å². The molecule has 1 rings (SSSR count). The number of benzene rings is 1. The van der Waals surface area contributed by atoms with Crippen molar-refractivity contribution in [2.45, 2.75) is 58.8 Å². The lowest BCUT2D eigenvalue weighted by Crippen LogP contribution is -2.05. The molecule has 0 bridgehead atoms. The van der Waals surface area contributed by atoms with Gasteiger partial charge in [0.15, 0.2) is 0 Å². The monoisotopic (exact) mass is 248 g/mol. The molecule has 0 radical (unpaired) electrons. The zero-order chi connectivity index (χ0) is 13.5. The van der Waals surface area contributed by atoms with Crippen LogP contribution >= 0.6 is 0 Å². The van der Waals surface area contributed by atoms with Crippen molar-refractivity contribution in [3.05, 3.63) is 34.9 Å². The summed E-state index contributed by atoms with van der Waals surface area (Å²) in [7, 11) is 0. The first-order chi connectivity index (χ1) is 8.56. The van der Waals surface area contributed by atoms with Gasteiger partial charge in [0.05, 0.1) is 6.42 Å². The van der Waals surface area contributed by atoms with Gasteiger partial charge in [-0.3, -0.25) is 4.79 Å². The van der Waals surface area contributed by atoms with Crippen molar-refractivity contribution in [1.82, 2.24) is 0 Å². The highest BCUT2D eigenvalue weighted by molar-refractivity contribution is 5.71. The molecule has 1 atom stereocenters. The summed E-state index contributed by atoms with van der Waals surface area (Å²) < 4.78 is 0. The van der Waals surface area contributed by atoms with E-state index in [4.69, 9.17) is 5.11 Å². The van der Waals surface area contributed by atoms with Gasteiger partial charge in [0.1, 0.15) is 0 Å². The lowest BCUT2D eigenvalue weighted by molar-refractivity contribution is -0.136. The van der Waals surface area contributed by atoms with E-state index in [1.165, 1.54) is 31.2 Å². The fraction of sp³-hybridized carbons (Fsp3) is 0.562. The van der Waals surface area contributed by atoms with E-state index < -0.39 is 5.97 Å². The van der Waals surface area contributed by atoms with Crippen molar-refractivity contribution < 1.29 is 9.90 Å². The molecule has 0 aromatic heterocycles. The molecule has 18 heavy (non-hydrogen) atoms. The Morgan fingerprint density at radius 2 is 2.06 bits per heavy atom. The van der Waals surface area contributed by atoms with Crippen molar-refractivity contribution in [3.63, 3.8) is 0 Å². The van der Waals surface area contributed by atoms with Gasteiger partial charge in [-0.15, -0.1) is 0 Å². The summed E-state index contributed by atoms with van der Waals surface area (Å²) in [6, 6.07) is 6.04. The van der Waals surface area contributed by atoms with Gasteiger partial charge in [-0.2, -0.15) is 0 Å². The molecule has 0 aliphatic rings. The molecule has 0 aliphatic heterocycles. The van der Waals surface area contributed by atoms with Gasteiger partial charge in [-0.05, 0) is 36.0 Å². The second-order valence-electron chi connectivity index (χ2n) is 5.10. The van der Waals surface area contributed by atoms with Gasteiger partial charge in [0.25, 0.3) is 0 Å². The first-order valence-electron chi connectivity index (χ1n) is 6.86. The Bertz CT molecular complexity index is 396. The van der Waals surface area contributed by atoms with Crippen LogP contribution < -0.4 is 0 Å². The van der Waals surface area contributed by atoms with E-state index in [-0.39, 0.29) is 6.42 Å². The van der Waals surface area contributed by atoms with E-state index in [9.17, 15) is 4.79 Å². The van der Waals surface area contributed by atoms with E-state index >= 15 is 0 Å². The van der Waals surface area contributed by atoms with Crippen molar-refractivity contribution in [2.24, 2.45) is 0 Å². The van der Waals surface area contributed by atoms with Crippen molar-refractivity contribution in [3.8, 4) is 0 Å². The highest BCUT2D eigenvalue weighted by atomic mass is 16.4. The van der Waals surface area contributed by atoms with Gasteiger partial charge >= 0.3 is 5.97 Å². The average Bonchev–Trinajstić information content (AvgIpc) is 2.31. The number of rotatable bonds is 7. The van der Waals surface area contributed by atoms with E-state index in [0.29, 0.717) is 5.92 Å². The minimum absolute atomic E-state index is 0.126. The van der Waals surface area contributed by atoms with Crippen LogP contribution in [0.25, 0.3) is 0 Å². The molecule has 0 aliphatic carbocycles. The second kappa shape index (κ2) is 7.20. The van der Waals surface area contributed by atoms with Gasteiger partial charge in [-0.25, -0.2) is 0 Å². The molecule has 0 amide bonds. The van der Waals surface area contributed by atoms with Crippen LogP contribution in [0.15, 0.2) is 18.2 Å². The predicted octanol–water partition coefficient (Wildman–Crippen LogP) is 4.31. The van der Waals surface area contributed by atoms with E-state index in [0.717, 1.165) is 11.1 Å². The Morgan fingerprint density at radius 3 is 2.67 bits per heavy atom. The van der Waals surface area contributed by atoms with E-state index in [2.05, 4.69) is 19.9 Å². The van der Waals surface area contributed by atoms with Crippen molar-refractivity contribution >= 4 is 5.97 Å². The summed E-state index contributed by atoms with van der Waals surface area (Å²) >= 11 is 0. The van der Waals surface area contributed by atoms with Crippen LogP contribution in [0, 0.1) is 6.92 Å². The molecule has 0 heterocycles. The molecule has 2 heteroatoms. The van der Waals surface area contributed by atoms with E-state index in [1.54, 1.807) is 0 Å². The molecule has 0 spiro atoms. The molecule has 1 aromatic rings. The Kier molecular flexibility index (Phi) is 5.90. The smallest absolute Gasteiger partial charge is 0.307 e. The first-order valence-corrected chi connectivity index (χ1v) is 6.86. The number of hydrogen-bond acceptors (Lipinski definition) is 1. The zero-order valence-corrected chi connectivity index (χ0v) is 11.7. The summed E-state index contributed by atoms with van der Waals surface area (Å²) in [5, 5.41) is 8.89. The largest absolute Gasteiger partial charge is 0.481 e. The molecule has 0 saturated carbocycles. The maximum atomic E-state index is 10.8. The summed E-state index contributed by atoms with van der Waals surface area (Å²) in [6.45, 7) is 6.50. The summed E-state index contributed by atoms with van der Waals surface area (Å²) in [4.78, 5) is 10.8. The molecule has 1 N–H and O–H groups in total. The van der Waals surface area contributed by atoms with E-state index in [1.807, 2.05) is 19.1 Å². The van der Waals surface area contributed by atoms with Crippen molar-refractivity contribution in [2.75, 3.05) is 0 Å². The fourth-order valence-corrected chi connectivity index (χ4v) is 2.45. The lowest BCUT2D eigenvalue weighted by Gasteiger charge is -2.16. The molecule has 100 valence electrons. The molecular formula is C16H24O2. The van der Waals surface area contributed by atoms with Crippen LogP contribution in [0.3, 0.4) is 0 Å². The number of carbonyl (C=O) groups is 1. The van der Waals surface area contributed by atoms with Gasteiger partial charge in [0, 0.05) is 0 Å². The molecule has 1 aromatic carbocycles. The third-order valence-corrected chi connectivity index (χ3v) is 3.60. The quantitative estimate of drug-likeness (QED) is 0.730. The number of hydrogen-bond donors (Lipinski definition) is 1. The maximum Gasteiger partial charge on any atom is 0.307 e. The van der Waals surface area contributed by atoms with Crippen LogP contribution in [-0.4, -0.2) is 11.1 Å². The number of unbranched alkanes of at least 4 members (excludes halogenated alkanes) is 2. The molecular weight excluding hydrogens is 224 g/mol. The summed E-state index contributed by atoms with van der Waals surface area (Å²) in [5.41, 5.74) is 3.41. The Hall–Kier alpha value is -1.31. The SMILES string of the molecule is CCCCCC(C)c1cccc(CC(=O)O)c1C. The molecule has 1 unspecified atom stereocenters. The Balaban J connectivity index is 2.78. The predicted molar refractivity (Wildman–Crippen MR) is 75.1 cm³/mol. The summed E-state index contributed by atoms with van der Waals surface area (Å²) in [5.74, 6) is -0.237. The standard InChI is InChI=1S/C16H24O2/c1-4-5-6-8-12(2)15-10-7-9-14(13(15)3)11-16(17)18/h7,9-10,12H,4-6,8,11H2,1-3H3,(H,17,18). The number of carboxylic acid groups (broad SMARTS) is 1. The molecule has 2 nitrogen and oxygen atoms in total. The maximum absolute atomic E-state index is 10.8. The van der Waals surface area contributed by atoms with Crippen LogP contribution in [0.4, 0.5) is 0 Å². The first kappa shape index (κ1) is 14.7. The van der Waals surface area contributed by atoms with Crippen LogP contribution in [0.2, 0.25) is 0 Å². The number of aliphatic carboxylic acids is 1.